The van der Waals surface area contributed by atoms with Crippen LogP contribution in [0.2, 0.25) is 0 Å². The van der Waals surface area contributed by atoms with Crippen LogP contribution in [-0.2, 0) is 6.18 Å². The molecule has 0 atom stereocenters. The van der Waals surface area contributed by atoms with Crippen molar-refractivity contribution in [1.29, 1.82) is 5.26 Å². The molecule has 222 valence electrons. The number of hydrogen-bond acceptors (Lipinski definition) is 1. The Labute approximate surface area is 263 Å². The van der Waals surface area contributed by atoms with Gasteiger partial charge in [0.25, 0.3) is 0 Å². The van der Waals surface area contributed by atoms with E-state index in [-0.39, 0.29) is 0 Å². The molecule has 0 saturated heterocycles. The molecule has 0 bridgehead atoms. The number of nitrogens with zero attached hydrogens (tertiary/aromatic N) is 3. The van der Waals surface area contributed by atoms with Crippen molar-refractivity contribution in [3.05, 3.63) is 144 Å². The molecule has 2 aromatic heterocycles. The molecule has 0 aliphatic rings. The summed E-state index contributed by atoms with van der Waals surface area (Å²) in [4.78, 5) is 0. The first-order valence-electron chi connectivity index (χ1n) is 15.0. The molecule has 0 aliphatic heterocycles. The zero-order valence-corrected chi connectivity index (χ0v) is 25.0. The zero-order valence-electron chi connectivity index (χ0n) is 25.0. The Hall–Kier alpha value is -5.80. The van der Waals surface area contributed by atoms with E-state index in [4.69, 9.17) is 0 Å². The van der Waals surface area contributed by atoms with Gasteiger partial charge in [0.05, 0.1) is 50.6 Å². The lowest BCUT2D eigenvalue weighted by Crippen LogP contribution is -2.11. The van der Waals surface area contributed by atoms with Crippen LogP contribution >= 0.6 is 0 Å². The van der Waals surface area contributed by atoms with Gasteiger partial charge in [-0.2, -0.15) is 18.4 Å². The van der Waals surface area contributed by atoms with Gasteiger partial charge in [0, 0.05) is 27.1 Å². The van der Waals surface area contributed by atoms with E-state index in [0.717, 1.165) is 54.7 Å². The van der Waals surface area contributed by atoms with Crippen molar-refractivity contribution in [2.45, 2.75) is 20.0 Å². The Bertz CT molecular complexity index is 2420. The predicted octanol–water partition coefficient (Wildman–Crippen LogP) is 11.1. The molecule has 8 aromatic rings. The van der Waals surface area contributed by atoms with E-state index >= 15 is 13.2 Å². The molecule has 0 radical (unpaired) electrons. The van der Waals surface area contributed by atoms with E-state index in [1.165, 1.54) is 12.1 Å². The van der Waals surface area contributed by atoms with Gasteiger partial charge in [-0.1, -0.05) is 84.9 Å². The molecule has 0 unspecified atom stereocenters. The van der Waals surface area contributed by atoms with E-state index in [2.05, 4.69) is 6.07 Å². The van der Waals surface area contributed by atoms with Gasteiger partial charge in [-0.25, -0.2) is 0 Å². The van der Waals surface area contributed by atoms with Crippen LogP contribution in [-0.4, -0.2) is 9.13 Å². The summed E-state index contributed by atoms with van der Waals surface area (Å²) in [6, 6.07) is 39.5. The molecule has 0 N–H and O–H groups in total. The summed E-state index contributed by atoms with van der Waals surface area (Å²) in [5.41, 5.74) is 6.85. The van der Waals surface area contributed by atoms with E-state index in [1.54, 1.807) is 18.2 Å². The largest absolute Gasteiger partial charge is 0.416 e. The first-order chi connectivity index (χ1) is 22.3. The standard InChI is InChI=1S/C40H26F3N3/c1-24-10-7-16-31-29-14-3-5-18-33(29)45(38(24)31)35-21-28(40(41,42)43)22-36(37(35)27-13-9-12-26(20-27)23-44)46-34-19-6-4-15-30(34)32-17-8-11-25(2)39(32)46/h3-22H,1-2H3. The highest BCUT2D eigenvalue weighted by Gasteiger charge is 2.34. The number of rotatable bonds is 3. The molecule has 0 spiro atoms. The fourth-order valence-corrected chi connectivity index (χ4v) is 7.05. The van der Waals surface area contributed by atoms with Crippen LogP contribution in [0.4, 0.5) is 13.2 Å². The highest BCUT2D eigenvalue weighted by molar-refractivity contribution is 6.13. The minimum absolute atomic E-state index is 0.389. The number of fused-ring (bicyclic) bond motifs is 6. The van der Waals surface area contributed by atoms with Crippen molar-refractivity contribution in [1.82, 2.24) is 9.13 Å². The third-order valence-corrected chi connectivity index (χ3v) is 8.98. The van der Waals surface area contributed by atoms with Crippen molar-refractivity contribution in [3.8, 4) is 28.6 Å². The molecule has 6 aromatic carbocycles. The van der Waals surface area contributed by atoms with Crippen molar-refractivity contribution >= 4 is 43.6 Å². The van der Waals surface area contributed by atoms with Crippen molar-refractivity contribution in [2.75, 3.05) is 0 Å². The molecule has 2 heterocycles. The second-order valence-corrected chi connectivity index (χ2v) is 11.7. The monoisotopic (exact) mass is 605 g/mol. The van der Waals surface area contributed by atoms with Gasteiger partial charge in [0.1, 0.15) is 0 Å². The second kappa shape index (κ2) is 10.1. The minimum atomic E-state index is -4.63. The number of hydrogen-bond donors (Lipinski definition) is 0. The molecule has 46 heavy (non-hydrogen) atoms. The fraction of sp³-hybridized carbons (Fsp3) is 0.0750. The topological polar surface area (TPSA) is 33.6 Å². The van der Waals surface area contributed by atoms with Crippen molar-refractivity contribution < 1.29 is 13.2 Å². The Morgan fingerprint density at radius 1 is 0.565 bits per heavy atom. The van der Waals surface area contributed by atoms with E-state index in [1.807, 2.05) is 114 Å². The van der Waals surface area contributed by atoms with Crippen LogP contribution in [0, 0.1) is 25.2 Å². The average Bonchev–Trinajstić information content (AvgIpc) is 3.59. The minimum Gasteiger partial charge on any atom is -0.308 e. The molecular weight excluding hydrogens is 579 g/mol. The van der Waals surface area contributed by atoms with Gasteiger partial charge in [0.15, 0.2) is 0 Å². The van der Waals surface area contributed by atoms with Crippen molar-refractivity contribution in [3.63, 3.8) is 0 Å². The molecular formula is C40H26F3N3. The van der Waals surface area contributed by atoms with Crippen molar-refractivity contribution in [2.24, 2.45) is 0 Å². The quantitative estimate of drug-likeness (QED) is 0.197. The van der Waals surface area contributed by atoms with Crippen LogP contribution in [0.5, 0.6) is 0 Å². The SMILES string of the molecule is Cc1cccc2c3ccccc3n(-c3cc(C(F)(F)F)cc(-n4c5ccccc5c5cccc(C)c54)c3-c3cccc(C#N)c3)c12. The summed E-state index contributed by atoms with van der Waals surface area (Å²) in [5, 5.41) is 13.7. The normalized spacial score (nSPS) is 12.0. The van der Waals surface area contributed by atoms with Gasteiger partial charge in [0.2, 0.25) is 0 Å². The lowest BCUT2D eigenvalue weighted by Gasteiger charge is -2.23. The zero-order chi connectivity index (χ0) is 31.7. The lowest BCUT2D eigenvalue weighted by molar-refractivity contribution is -0.137. The summed E-state index contributed by atoms with van der Waals surface area (Å²) in [6.07, 6.45) is -4.63. The van der Waals surface area contributed by atoms with Crippen LogP contribution in [0.15, 0.2) is 121 Å². The third kappa shape index (κ3) is 4.05. The summed E-state index contributed by atoms with van der Waals surface area (Å²) in [5.74, 6) is 0. The van der Waals surface area contributed by atoms with Gasteiger partial charge < -0.3 is 9.13 Å². The van der Waals surface area contributed by atoms with Gasteiger partial charge in [-0.15, -0.1) is 0 Å². The number of halogens is 3. The Morgan fingerprint density at radius 3 is 1.54 bits per heavy atom. The van der Waals surface area contributed by atoms with Crippen LogP contribution in [0.3, 0.4) is 0 Å². The molecule has 0 fully saturated rings. The summed E-state index contributed by atoms with van der Waals surface area (Å²) in [6.45, 7) is 3.97. The summed E-state index contributed by atoms with van der Waals surface area (Å²) in [7, 11) is 0. The average molecular weight is 606 g/mol. The molecule has 3 nitrogen and oxygen atoms in total. The van der Waals surface area contributed by atoms with Gasteiger partial charge in [-0.3, -0.25) is 0 Å². The van der Waals surface area contributed by atoms with Gasteiger partial charge >= 0.3 is 6.18 Å². The number of para-hydroxylation sites is 4. The number of nitriles is 1. The molecule has 0 saturated carbocycles. The highest BCUT2D eigenvalue weighted by Crippen LogP contribution is 2.45. The number of alkyl halides is 3. The Morgan fingerprint density at radius 2 is 1.04 bits per heavy atom. The summed E-state index contributed by atoms with van der Waals surface area (Å²) >= 11 is 0. The van der Waals surface area contributed by atoms with Crippen LogP contribution in [0.25, 0.3) is 66.1 Å². The van der Waals surface area contributed by atoms with E-state index in [0.29, 0.717) is 28.1 Å². The van der Waals surface area contributed by atoms with Gasteiger partial charge in [-0.05, 0) is 66.9 Å². The Kier molecular flexibility index (Phi) is 6.10. The molecule has 6 heteroatoms. The Balaban J connectivity index is 1.66. The molecule has 0 amide bonds. The van der Waals surface area contributed by atoms with Crippen LogP contribution in [0.1, 0.15) is 22.3 Å². The number of aromatic nitrogens is 2. The summed E-state index contributed by atoms with van der Waals surface area (Å²) < 4.78 is 49.0. The molecule has 0 aliphatic carbocycles. The fourth-order valence-electron chi connectivity index (χ4n) is 7.05. The molecule has 8 rings (SSSR count). The smallest absolute Gasteiger partial charge is 0.308 e. The maximum Gasteiger partial charge on any atom is 0.416 e. The number of benzene rings is 6. The van der Waals surface area contributed by atoms with Crippen LogP contribution < -0.4 is 0 Å². The van der Waals surface area contributed by atoms with E-state index < -0.39 is 11.7 Å². The van der Waals surface area contributed by atoms with E-state index in [9.17, 15) is 5.26 Å². The number of aryl methyl sites for hydroxylation is 2. The third-order valence-electron chi connectivity index (χ3n) is 8.98. The maximum absolute atomic E-state index is 15.0. The highest BCUT2D eigenvalue weighted by atomic mass is 19.4. The predicted molar refractivity (Wildman–Crippen MR) is 180 cm³/mol. The second-order valence-electron chi connectivity index (χ2n) is 11.7. The first kappa shape index (κ1) is 27.7. The maximum atomic E-state index is 15.0. The first-order valence-corrected chi connectivity index (χ1v) is 15.0. The lowest BCUT2D eigenvalue weighted by atomic mass is 9.96.